The zero-order valence-corrected chi connectivity index (χ0v) is 16.2. The van der Waals surface area contributed by atoms with Gasteiger partial charge >= 0.3 is 5.97 Å². The first-order valence-corrected chi connectivity index (χ1v) is 9.74. The molecule has 0 saturated heterocycles. The van der Waals surface area contributed by atoms with Crippen LogP contribution in [0, 0.1) is 0 Å². The summed E-state index contributed by atoms with van der Waals surface area (Å²) in [5, 5.41) is 2.57. The Morgan fingerprint density at radius 1 is 1.19 bits per heavy atom. The van der Waals surface area contributed by atoms with Crippen LogP contribution in [0.1, 0.15) is 27.6 Å². The SMILES string of the molecule is COCCNC(=O)[C@@H](C)OC(=O)[C@@H](CSC)N1C(=O)c2ccccc2C1=O. The van der Waals surface area contributed by atoms with Crippen molar-refractivity contribution in [3.63, 3.8) is 0 Å². The fourth-order valence-electron chi connectivity index (χ4n) is 2.62. The van der Waals surface area contributed by atoms with Crippen molar-refractivity contribution in [2.24, 2.45) is 0 Å². The van der Waals surface area contributed by atoms with Crippen LogP contribution in [0.4, 0.5) is 0 Å². The third kappa shape index (κ3) is 4.67. The average molecular weight is 394 g/mol. The molecule has 1 aliphatic heterocycles. The lowest BCUT2D eigenvalue weighted by molar-refractivity contribution is -0.157. The summed E-state index contributed by atoms with van der Waals surface area (Å²) in [5.41, 5.74) is 0.513. The number of thioether (sulfide) groups is 1. The minimum absolute atomic E-state index is 0.169. The Morgan fingerprint density at radius 2 is 1.78 bits per heavy atom. The van der Waals surface area contributed by atoms with E-state index in [1.807, 2.05) is 0 Å². The van der Waals surface area contributed by atoms with Gasteiger partial charge in [-0.25, -0.2) is 4.79 Å². The number of hydrogen-bond acceptors (Lipinski definition) is 7. The molecule has 27 heavy (non-hydrogen) atoms. The van der Waals surface area contributed by atoms with Crippen molar-refractivity contribution >= 4 is 35.5 Å². The fraction of sp³-hybridized carbons (Fsp3) is 0.444. The highest BCUT2D eigenvalue weighted by molar-refractivity contribution is 7.98. The van der Waals surface area contributed by atoms with Crippen molar-refractivity contribution in [3.8, 4) is 0 Å². The Labute approximate surface area is 161 Å². The van der Waals surface area contributed by atoms with Gasteiger partial charge in [-0.2, -0.15) is 11.8 Å². The van der Waals surface area contributed by atoms with Crippen LogP contribution in [0.3, 0.4) is 0 Å². The maximum Gasteiger partial charge on any atom is 0.331 e. The molecule has 0 fully saturated rings. The summed E-state index contributed by atoms with van der Waals surface area (Å²) in [4.78, 5) is 50.7. The largest absolute Gasteiger partial charge is 0.451 e. The number of amides is 3. The lowest BCUT2D eigenvalue weighted by atomic mass is 10.1. The third-order valence-corrected chi connectivity index (χ3v) is 4.65. The second kappa shape index (κ2) is 9.52. The maximum atomic E-state index is 12.6. The number of benzene rings is 1. The molecule has 8 nitrogen and oxygen atoms in total. The molecule has 3 amide bonds. The number of nitrogens with zero attached hydrogens (tertiary/aromatic N) is 1. The lowest BCUT2D eigenvalue weighted by Gasteiger charge is -2.25. The van der Waals surface area contributed by atoms with E-state index in [0.717, 1.165) is 4.90 Å². The van der Waals surface area contributed by atoms with Gasteiger partial charge in [-0.3, -0.25) is 19.3 Å². The summed E-state index contributed by atoms with van der Waals surface area (Å²) in [5.74, 6) is -2.19. The van der Waals surface area contributed by atoms with Crippen LogP contribution in [0.25, 0.3) is 0 Å². The number of esters is 1. The van der Waals surface area contributed by atoms with Gasteiger partial charge in [0.2, 0.25) is 0 Å². The van der Waals surface area contributed by atoms with E-state index < -0.39 is 35.8 Å². The standard InChI is InChI=1S/C18H22N2O6S/c1-11(15(21)19-8-9-25-2)26-18(24)14(10-27-3)20-16(22)12-6-4-5-7-13(12)17(20)23/h4-7,11,14H,8-10H2,1-3H3,(H,19,21)/t11-,14-/m1/s1. The normalized spacial score (nSPS) is 15.3. The van der Waals surface area contributed by atoms with Gasteiger partial charge in [0, 0.05) is 19.4 Å². The summed E-state index contributed by atoms with van der Waals surface area (Å²) < 4.78 is 10.1. The maximum absolute atomic E-state index is 12.6. The van der Waals surface area contributed by atoms with Gasteiger partial charge in [-0.05, 0) is 25.3 Å². The first kappa shape index (κ1) is 20.9. The molecule has 9 heteroatoms. The van der Waals surface area contributed by atoms with Crippen LogP contribution in [0.5, 0.6) is 0 Å². The fourth-order valence-corrected chi connectivity index (χ4v) is 3.22. The molecule has 0 saturated carbocycles. The van der Waals surface area contributed by atoms with E-state index in [1.165, 1.54) is 25.8 Å². The highest BCUT2D eigenvalue weighted by atomic mass is 32.2. The molecule has 1 heterocycles. The smallest absolute Gasteiger partial charge is 0.331 e. The van der Waals surface area contributed by atoms with Crippen LogP contribution in [-0.4, -0.2) is 73.0 Å². The number of hydrogen-bond donors (Lipinski definition) is 1. The summed E-state index contributed by atoms with van der Waals surface area (Å²) in [7, 11) is 1.50. The van der Waals surface area contributed by atoms with Crippen molar-refractivity contribution < 1.29 is 28.7 Å². The minimum Gasteiger partial charge on any atom is -0.451 e. The van der Waals surface area contributed by atoms with E-state index in [2.05, 4.69) is 5.32 Å². The second-order valence-corrected chi connectivity index (χ2v) is 6.77. The van der Waals surface area contributed by atoms with Crippen LogP contribution < -0.4 is 5.32 Å². The summed E-state index contributed by atoms with van der Waals surface area (Å²) in [6, 6.07) is 5.29. The van der Waals surface area contributed by atoms with E-state index >= 15 is 0 Å². The van der Waals surface area contributed by atoms with Gasteiger partial charge in [0.05, 0.1) is 17.7 Å². The molecule has 1 aromatic rings. The monoisotopic (exact) mass is 394 g/mol. The number of fused-ring (bicyclic) bond motifs is 1. The van der Waals surface area contributed by atoms with Gasteiger partial charge < -0.3 is 14.8 Å². The van der Waals surface area contributed by atoms with Gasteiger partial charge in [0.1, 0.15) is 6.04 Å². The Balaban J connectivity index is 2.11. The number of ether oxygens (including phenoxy) is 2. The van der Waals surface area contributed by atoms with Crippen molar-refractivity contribution in [2.45, 2.75) is 19.1 Å². The molecule has 1 N–H and O–H groups in total. The summed E-state index contributed by atoms with van der Waals surface area (Å²) >= 11 is 1.30. The number of rotatable bonds is 9. The zero-order chi connectivity index (χ0) is 20.0. The second-order valence-electron chi connectivity index (χ2n) is 5.86. The van der Waals surface area contributed by atoms with Gasteiger partial charge in [0.25, 0.3) is 17.7 Å². The van der Waals surface area contributed by atoms with Crippen molar-refractivity contribution in [1.82, 2.24) is 10.2 Å². The molecule has 2 rings (SSSR count). The van der Waals surface area contributed by atoms with Crippen LogP contribution in [0.2, 0.25) is 0 Å². The quantitative estimate of drug-likeness (QED) is 0.374. The van der Waals surface area contributed by atoms with Crippen LogP contribution in [0.15, 0.2) is 24.3 Å². The highest BCUT2D eigenvalue weighted by Crippen LogP contribution is 2.26. The Kier molecular flexibility index (Phi) is 7.37. The molecule has 0 unspecified atom stereocenters. The number of carbonyl (C=O) groups excluding carboxylic acids is 4. The average Bonchev–Trinajstić information content (AvgIpc) is 2.91. The van der Waals surface area contributed by atoms with E-state index in [1.54, 1.807) is 30.5 Å². The topological polar surface area (TPSA) is 102 Å². The van der Waals surface area contributed by atoms with E-state index in [9.17, 15) is 19.2 Å². The number of imide groups is 1. The summed E-state index contributed by atoms with van der Waals surface area (Å²) in [6.07, 6.45) is 0.688. The molecule has 0 bridgehead atoms. The van der Waals surface area contributed by atoms with Gasteiger partial charge in [-0.1, -0.05) is 12.1 Å². The molecule has 146 valence electrons. The Hall–Kier alpha value is -2.39. The molecular formula is C18H22N2O6S. The van der Waals surface area contributed by atoms with E-state index in [-0.39, 0.29) is 23.4 Å². The Bertz CT molecular complexity index is 703. The molecule has 2 atom stereocenters. The predicted molar refractivity (Wildman–Crippen MR) is 99.6 cm³/mol. The molecule has 1 aliphatic rings. The minimum atomic E-state index is -1.11. The number of carbonyl (C=O) groups is 4. The van der Waals surface area contributed by atoms with Crippen molar-refractivity contribution in [1.29, 1.82) is 0 Å². The van der Waals surface area contributed by atoms with Crippen molar-refractivity contribution in [2.75, 3.05) is 32.3 Å². The highest BCUT2D eigenvalue weighted by Gasteiger charge is 2.43. The van der Waals surface area contributed by atoms with Gasteiger partial charge in [-0.15, -0.1) is 0 Å². The van der Waals surface area contributed by atoms with E-state index in [0.29, 0.717) is 6.61 Å². The Morgan fingerprint density at radius 3 is 2.30 bits per heavy atom. The van der Waals surface area contributed by atoms with Crippen molar-refractivity contribution in [3.05, 3.63) is 35.4 Å². The molecule has 0 spiro atoms. The van der Waals surface area contributed by atoms with E-state index in [4.69, 9.17) is 9.47 Å². The summed E-state index contributed by atoms with van der Waals surface area (Å²) in [6.45, 7) is 2.04. The predicted octanol–water partition coefficient (Wildman–Crippen LogP) is 0.709. The third-order valence-electron chi connectivity index (χ3n) is 4.00. The lowest BCUT2D eigenvalue weighted by Crippen LogP contribution is -2.49. The zero-order valence-electron chi connectivity index (χ0n) is 15.4. The van der Waals surface area contributed by atoms with Crippen LogP contribution >= 0.6 is 11.8 Å². The molecule has 1 aromatic carbocycles. The molecular weight excluding hydrogens is 372 g/mol. The number of methoxy groups -OCH3 is 1. The van der Waals surface area contributed by atoms with Crippen LogP contribution in [-0.2, 0) is 19.1 Å². The molecule has 0 aromatic heterocycles. The van der Waals surface area contributed by atoms with Gasteiger partial charge in [0.15, 0.2) is 6.10 Å². The molecule has 0 aliphatic carbocycles. The number of nitrogens with one attached hydrogen (secondary N) is 1. The first-order valence-electron chi connectivity index (χ1n) is 8.35. The molecule has 0 radical (unpaired) electrons. The first-order chi connectivity index (χ1) is 12.9.